The molecule has 0 aliphatic heterocycles. The van der Waals surface area contributed by atoms with Gasteiger partial charge in [0.15, 0.2) is 0 Å². The van der Waals surface area contributed by atoms with Crippen LogP contribution < -0.4 is 4.72 Å². The SMILES string of the molecule is CCCS(=O)(=O)Nc1ccc(Cn2cccn2)cc1. The number of benzene rings is 1. The van der Waals surface area contributed by atoms with E-state index in [1.165, 1.54) is 0 Å². The van der Waals surface area contributed by atoms with Crippen molar-refractivity contribution in [3.63, 3.8) is 0 Å². The van der Waals surface area contributed by atoms with Crippen LogP contribution in [0.5, 0.6) is 0 Å². The number of hydrogen-bond donors (Lipinski definition) is 1. The molecule has 0 atom stereocenters. The number of nitrogens with one attached hydrogen (secondary N) is 1. The fourth-order valence-electron chi connectivity index (χ4n) is 1.76. The zero-order valence-corrected chi connectivity index (χ0v) is 11.6. The van der Waals surface area contributed by atoms with Crippen molar-refractivity contribution in [1.82, 2.24) is 9.78 Å². The Morgan fingerprint density at radius 3 is 2.58 bits per heavy atom. The molecule has 1 N–H and O–H groups in total. The molecule has 0 saturated heterocycles. The van der Waals surface area contributed by atoms with E-state index in [2.05, 4.69) is 9.82 Å². The highest BCUT2D eigenvalue weighted by Crippen LogP contribution is 2.12. The lowest BCUT2D eigenvalue weighted by Gasteiger charge is -2.08. The number of aromatic nitrogens is 2. The summed E-state index contributed by atoms with van der Waals surface area (Å²) in [4.78, 5) is 0. The van der Waals surface area contributed by atoms with E-state index in [9.17, 15) is 8.42 Å². The fourth-order valence-corrected chi connectivity index (χ4v) is 2.89. The summed E-state index contributed by atoms with van der Waals surface area (Å²) in [6, 6.07) is 9.20. The lowest BCUT2D eigenvalue weighted by molar-refractivity contribution is 0.600. The molecular weight excluding hydrogens is 262 g/mol. The van der Waals surface area contributed by atoms with Crippen molar-refractivity contribution in [2.75, 3.05) is 10.5 Å². The summed E-state index contributed by atoms with van der Waals surface area (Å²) >= 11 is 0. The molecule has 6 heteroatoms. The summed E-state index contributed by atoms with van der Waals surface area (Å²) < 4.78 is 27.6. The molecule has 19 heavy (non-hydrogen) atoms. The predicted octanol–water partition coefficient (Wildman–Crippen LogP) is 2.08. The van der Waals surface area contributed by atoms with Crippen molar-refractivity contribution >= 4 is 15.7 Å². The molecule has 0 radical (unpaired) electrons. The average molecular weight is 279 g/mol. The molecule has 2 rings (SSSR count). The third-order valence-electron chi connectivity index (χ3n) is 2.60. The van der Waals surface area contributed by atoms with Crippen LogP contribution in [-0.4, -0.2) is 24.0 Å². The highest BCUT2D eigenvalue weighted by molar-refractivity contribution is 7.92. The highest BCUT2D eigenvalue weighted by atomic mass is 32.2. The Kier molecular flexibility index (Phi) is 4.21. The van der Waals surface area contributed by atoms with Gasteiger partial charge in [-0.2, -0.15) is 5.10 Å². The maximum absolute atomic E-state index is 11.6. The molecule has 0 aliphatic carbocycles. The first kappa shape index (κ1) is 13.6. The molecule has 0 amide bonds. The molecule has 0 unspecified atom stereocenters. The molecule has 1 heterocycles. The van der Waals surface area contributed by atoms with Gasteiger partial charge in [0.05, 0.1) is 12.3 Å². The van der Waals surface area contributed by atoms with E-state index < -0.39 is 10.0 Å². The van der Waals surface area contributed by atoms with E-state index >= 15 is 0 Å². The predicted molar refractivity (Wildman–Crippen MR) is 75.5 cm³/mol. The van der Waals surface area contributed by atoms with Crippen LogP contribution in [0.4, 0.5) is 5.69 Å². The minimum absolute atomic E-state index is 0.141. The van der Waals surface area contributed by atoms with E-state index in [0.717, 1.165) is 5.56 Å². The molecule has 0 saturated carbocycles. The van der Waals surface area contributed by atoms with Crippen molar-refractivity contribution in [3.05, 3.63) is 48.3 Å². The Morgan fingerprint density at radius 1 is 1.26 bits per heavy atom. The first-order valence-corrected chi connectivity index (χ1v) is 7.81. The van der Waals surface area contributed by atoms with Gasteiger partial charge < -0.3 is 0 Å². The van der Waals surface area contributed by atoms with Gasteiger partial charge in [0, 0.05) is 18.1 Å². The fraction of sp³-hybridized carbons (Fsp3) is 0.308. The molecule has 102 valence electrons. The summed E-state index contributed by atoms with van der Waals surface area (Å²) in [5.74, 6) is 0.141. The quantitative estimate of drug-likeness (QED) is 0.880. The van der Waals surface area contributed by atoms with Crippen LogP contribution >= 0.6 is 0 Å². The number of sulfonamides is 1. The third-order valence-corrected chi connectivity index (χ3v) is 4.10. The van der Waals surface area contributed by atoms with Crippen LogP contribution in [0.3, 0.4) is 0 Å². The number of hydrogen-bond acceptors (Lipinski definition) is 3. The number of anilines is 1. The number of rotatable bonds is 6. The van der Waals surface area contributed by atoms with Gasteiger partial charge in [-0.1, -0.05) is 19.1 Å². The second-order valence-electron chi connectivity index (χ2n) is 4.32. The summed E-state index contributed by atoms with van der Waals surface area (Å²) in [7, 11) is -3.22. The average Bonchev–Trinajstić information content (AvgIpc) is 2.84. The number of nitrogens with zero attached hydrogens (tertiary/aromatic N) is 2. The Labute approximate surface area is 113 Å². The Hall–Kier alpha value is -1.82. The maximum atomic E-state index is 11.6. The molecule has 5 nitrogen and oxygen atoms in total. The maximum Gasteiger partial charge on any atom is 0.232 e. The zero-order valence-electron chi connectivity index (χ0n) is 10.8. The Balaban J connectivity index is 2.02. The smallest absolute Gasteiger partial charge is 0.232 e. The first-order valence-electron chi connectivity index (χ1n) is 6.16. The van der Waals surface area contributed by atoms with Gasteiger partial charge in [-0.25, -0.2) is 8.42 Å². The summed E-state index contributed by atoms with van der Waals surface area (Å²) in [6.45, 7) is 2.52. The van der Waals surface area contributed by atoms with Gasteiger partial charge in [-0.05, 0) is 30.2 Å². The van der Waals surface area contributed by atoms with Gasteiger partial charge in [0.25, 0.3) is 0 Å². The van der Waals surface area contributed by atoms with E-state index in [1.807, 2.05) is 36.0 Å². The monoisotopic (exact) mass is 279 g/mol. The topological polar surface area (TPSA) is 64.0 Å². The molecule has 2 aromatic rings. The third kappa shape index (κ3) is 4.10. The Bertz CT molecular complexity index is 604. The van der Waals surface area contributed by atoms with E-state index in [0.29, 0.717) is 18.7 Å². The summed E-state index contributed by atoms with van der Waals surface area (Å²) in [5, 5.41) is 4.12. The molecule has 0 bridgehead atoms. The van der Waals surface area contributed by atoms with Crippen molar-refractivity contribution in [2.24, 2.45) is 0 Å². The van der Waals surface area contributed by atoms with Gasteiger partial charge in [0.1, 0.15) is 0 Å². The second kappa shape index (κ2) is 5.88. The van der Waals surface area contributed by atoms with Crippen molar-refractivity contribution in [3.8, 4) is 0 Å². The van der Waals surface area contributed by atoms with Crippen molar-refractivity contribution in [1.29, 1.82) is 0 Å². The molecule has 0 spiro atoms. The zero-order chi connectivity index (χ0) is 13.7. The molecular formula is C13H17N3O2S. The standard InChI is InChI=1S/C13H17N3O2S/c1-2-10-19(17,18)15-13-6-4-12(5-7-13)11-16-9-3-8-14-16/h3-9,15H,2,10-11H2,1H3. The van der Waals surface area contributed by atoms with Gasteiger partial charge in [-0.15, -0.1) is 0 Å². The van der Waals surface area contributed by atoms with E-state index in [4.69, 9.17) is 0 Å². The van der Waals surface area contributed by atoms with Crippen LogP contribution in [0.2, 0.25) is 0 Å². The van der Waals surface area contributed by atoms with E-state index in [1.54, 1.807) is 18.3 Å². The van der Waals surface area contributed by atoms with Crippen molar-refractivity contribution < 1.29 is 8.42 Å². The largest absolute Gasteiger partial charge is 0.284 e. The van der Waals surface area contributed by atoms with Crippen LogP contribution in [-0.2, 0) is 16.6 Å². The summed E-state index contributed by atoms with van der Waals surface area (Å²) in [6.07, 6.45) is 4.22. The second-order valence-corrected chi connectivity index (χ2v) is 6.16. The lowest BCUT2D eigenvalue weighted by atomic mass is 10.2. The van der Waals surface area contributed by atoms with Gasteiger partial charge >= 0.3 is 0 Å². The van der Waals surface area contributed by atoms with Crippen LogP contribution in [0.1, 0.15) is 18.9 Å². The first-order chi connectivity index (χ1) is 9.09. The van der Waals surface area contributed by atoms with Crippen LogP contribution in [0, 0.1) is 0 Å². The van der Waals surface area contributed by atoms with Gasteiger partial charge in [-0.3, -0.25) is 9.40 Å². The summed E-state index contributed by atoms with van der Waals surface area (Å²) in [5.41, 5.74) is 1.67. The van der Waals surface area contributed by atoms with E-state index in [-0.39, 0.29) is 5.75 Å². The van der Waals surface area contributed by atoms with Crippen LogP contribution in [0.15, 0.2) is 42.7 Å². The minimum Gasteiger partial charge on any atom is -0.284 e. The molecule has 1 aromatic carbocycles. The van der Waals surface area contributed by atoms with Gasteiger partial charge in [0.2, 0.25) is 10.0 Å². The molecule has 1 aromatic heterocycles. The highest BCUT2D eigenvalue weighted by Gasteiger charge is 2.08. The molecule has 0 aliphatic rings. The Morgan fingerprint density at radius 2 is 2.00 bits per heavy atom. The van der Waals surface area contributed by atoms with Crippen molar-refractivity contribution in [2.45, 2.75) is 19.9 Å². The van der Waals surface area contributed by atoms with Crippen LogP contribution in [0.25, 0.3) is 0 Å². The lowest BCUT2D eigenvalue weighted by Crippen LogP contribution is -2.16. The minimum atomic E-state index is -3.22. The normalized spacial score (nSPS) is 11.4. The molecule has 0 fully saturated rings.